The molecule has 1 N–H and O–H groups in total. The minimum Gasteiger partial charge on any atom is -0.450 e. The van der Waals surface area contributed by atoms with E-state index in [4.69, 9.17) is 8.94 Å². The zero-order valence-corrected chi connectivity index (χ0v) is 14.9. The molecule has 2 aromatic heterocycles. The van der Waals surface area contributed by atoms with E-state index in [1.54, 1.807) is 6.07 Å². The van der Waals surface area contributed by atoms with Crippen molar-refractivity contribution in [2.45, 2.75) is 47.0 Å². The molecule has 1 amide bonds. The van der Waals surface area contributed by atoms with Crippen molar-refractivity contribution < 1.29 is 13.7 Å². The molecule has 0 atom stereocenters. The zero-order valence-electron chi connectivity index (χ0n) is 14.9. The number of rotatable bonds is 2. The van der Waals surface area contributed by atoms with Gasteiger partial charge in [-0.05, 0) is 31.9 Å². The highest BCUT2D eigenvalue weighted by atomic mass is 16.5. The number of amides is 1. The SMILES string of the molecule is Cc1ccc(C)c2c(C)c(C(=O)Nc3cc(C(C)(C)C)on3)oc12. The van der Waals surface area contributed by atoms with Crippen molar-refractivity contribution in [3.63, 3.8) is 0 Å². The maximum Gasteiger partial charge on any atom is 0.292 e. The summed E-state index contributed by atoms with van der Waals surface area (Å²) in [6.07, 6.45) is 0. The molecule has 2 heterocycles. The minimum atomic E-state index is -0.323. The number of fused-ring (bicyclic) bond motifs is 1. The number of furan rings is 1. The fraction of sp³-hybridized carbons (Fsp3) is 0.368. The highest BCUT2D eigenvalue weighted by Crippen LogP contribution is 2.31. The molecule has 1 aromatic carbocycles. The van der Waals surface area contributed by atoms with E-state index < -0.39 is 0 Å². The van der Waals surface area contributed by atoms with Crippen LogP contribution in [0.3, 0.4) is 0 Å². The highest BCUT2D eigenvalue weighted by Gasteiger charge is 2.23. The average molecular weight is 326 g/mol. The lowest BCUT2D eigenvalue weighted by Gasteiger charge is -2.11. The van der Waals surface area contributed by atoms with E-state index in [9.17, 15) is 4.79 Å². The monoisotopic (exact) mass is 326 g/mol. The Bertz CT molecular complexity index is 926. The van der Waals surface area contributed by atoms with Crippen molar-refractivity contribution in [2.24, 2.45) is 0 Å². The number of aromatic nitrogens is 1. The van der Waals surface area contributed by atoms with Gasteiger partial charge in [0.2, 0.25) is 0 Å². The van der Waals surface area contributed by atoms with Gasteiger partial charge in [0, 0.05) is 22.4 Å². The van der Waals surface area contributed by atoms with Crippen LogP contribution < -0.4 is 5.32 Å². The van der Waals surface area contributed by atoms with Gasteiger partial charge in [-0.15, -0.1) is 0 Å². The maximum atomic E-state index is 12.6. The molecule has 5 heteroatoms. The van der Waals surface area contributed by atoms with E-state index >= 15 is 0 Å². The Morgan fingerprint density at radius 3 is 2.38 bits per heavy atom. The Morgan fingerprint density at radius 1 is 1.12 bits per heavy atom. The number of nitrogens with one attached hydrogen (secondary N) is 1. The molecule has 0 bridgehead atoms. The largest absolute Gasteiger partial charge is 0.450 e. The molecule has 0 radical (unpaired) electrons. The second-order valence-electron chi connectivity index (χ2n) is 7.24. The standard InChI is InChI=1S/C19H22N2O3/c1-10-7-8-11(2)16-15(10)12(3)17(23-16)18(22)20-14-9-13(24-21-14)19(4,5)6/h7-9H,1-6H3,(H,20,21,22). The summed E-state index contributed by atoms with van der Waals surface area (Å²) in [6.45, 7) is 12.0. The van der Waals surface area contributed by atoms with Gasteiger partial charge in [0.25, 0.3) is 5.91 Å². The smallest absolute Gasteiger partial charge is 0.292 e. The van der Waals surface area contributed by atoms with Crippen LogP contribution in [0.2, 0.25) is 0 Å². The van der Waals surface area contributed by atoms with Crippen molar-refractivity contribution in [2.75, 3.05) is 5.32 Å². The number of carbonyl (C=O) groups is 1. The Kier molecular flexibility index (Phi) is 3.74. The lowest BCUT2D eigenvalue weighted by atomic mass is 9.93. The van der Waals surface area contributed by atoms with Crippen LogP contribution in [-0.4, -0.2) is 11.1 Å². The Morgan fingerprint density at radius 2 is 1.79 bits per heavy atom. The van der Waals surface area contributed by atoms with E-state index in [1.807, 2.05) is 53.7 Å². The summed E-state index contributed by atoms with van der Waals surface area (Å²) in [5.41, 5.74) is 3.53. The first-order chi connectivity index (χ1) is 11.2. The number of aryl methyl sites for hydroxylation is 3. The number of carbonyl (C=O) groups excluding carboxylic acids is 1. The minimum absolute atomic E-state index is 0.167. The quantitative estimate of drug-likeness (QED) is 0.727. The van der Waals surface area contributed by atoms with Crippen molar-refractivity contribution >= 4 is 22.7 Å². The van der Waals surface area contributed by atoms with Crippen LogP contribution in [0.4, 0.5) is 5.82 Å². The third-order valence-corrected chi connectivity index (χ3v) is 4.18. The van der Waals surface area contributed by atoms with Crippen LogP contribution in [0.15, 0.2) is 27.1 Å². The highest BCUT2D eigenvalue weighted by molar-refractivity contribution is 6.06. The molecule has 0 aliphatic rings. The second kappa shape index (κ2) is 5.51. The van der Waals surface area contributed by atoms with Gasteiger partial charge < -0.3 is 14.3 Å². The number of anilines is 1. The van der Waals surface area contributed by atoms with Crippen molar-refractivity contribution in [3.05, 3.63) is 46.4 Å². The zero-order chi connectivity index (χ0) is 17.6. The number of nitrogens with zero attached hydrogens (tertiary/aromatic N) is 1. The van der Waals surface area contributed by atoms with Crippen LogP contribution >= 0.6 is 0 Å². The van der Waals surface area contributed by atoms with Gasteiger partial charge in [-0.3, -0.25) is 4.79 Å². The van der Waals surface area contributed by atoms with E-state index in [2.05, 4.69) is 10.5 Å². The summed E-state index contributed by atoms with van der Waals surface area (Å²) >= 11 is 0. The predicted molar refractivity (Wildman–Crippen MR) is 93.6 cm³/mol. The molecule has 3 aromatic rings. The first-order valence-electron chi connectivity index (χ1n) is 7.96. The lowest BCUT2D eigenvalue weighted by molar-refractivity contribution is 0.0997. The number of hydrogen-bond acceptors (Lipinski definition) is 4. The molecule has 24 heavy (non-hydrogen) atoms. The van der Waals surface area contributed by atoms with Crippen LogP contribution in [0, 0.1) is 20.8 Å². The first kappa shape index (κ1) is 16.3. The molecule has 0 saturated carbocycles. The van der Waals surface area contributed by atoms with Gasteiger partial charge in [0.1, 0.15) is 11.3 Å². The molecule has 5 nitrogen and oxygen atoms in total. The second-order valence-corrected chi connectivity index (χ2v) is 7.24. The fourth-order valence-corrected chi connectivity index (χ4v) is 2.75. The lowest BCUT2D eigenvalue weighted by Crippen LogP contribution is -2.12. The van der Waals surface area contributed by atoms with Gasteiger partial charge in [-0.1, -0.05) is 38.1 Å². The Hall–Kier alpha value is -2.56. The van der Waals surface area contributed by atoms with E-state index in [1.165, 1.54) is 0 Å². The first-order valence-corrected chi connectivity index (χ1v) is 7.96. The summed E-state index contributed by atoms with van der Waals surface area (Å²) in [5, 5.41) is 7.67. The van der Waals surface area contributed by atoms with Crippen molar-refractivity contribution in [1.82, 2.24) is 5.16 Å². The summed E-state index contributed by atoms with van der Waals surface area (Å²) in [7, 11) is 0. The molecule has 0 aliphatic carbocycles. The predicted octanol–water partition coefficient (Wildman–Crippen LogP) is 4.90. The van der Waals surface area contributed by atoms with Crippen LogP contribution in [-0.2, 0) is 5.41 Å². The Labute approximate surface area is 141 Å². The van der Waals surface area contributed by atoms with Crippen LogP contribution in [0.1, 0.15) is 53.8 Å². The molecule has 126 valence electrons. The van der Waals surface area contributed by atoms with Crippen molar-refractivity contribution in [3.8, 4) is 0 Å². The summed E-state index contributed by atoms with van der Waals surface area (Å²) in [6, 6.07) is 5.77. The molecule has 3 rings (SSSR count). The van der Waals surface area contributed by atoms with Gasteiger partial charge in [0.15, 0.2) is 11.6 Å². The van der Waals surface area contributed by atoms with Crippen LogP contribution in [0.5, 0.6) is 0 Å². The summed E-state index contributed by atoms with van der Waals surface area (Å²) < 4.78 is 11.1. The molecule has 0 saturated heterocycles. The average Bonchev–Trinajstić information content (AvgIpc) is 3.08. The molecule has 0 unspecified atom stereocenters. The topological polar surface area (TPSA) is 68.3 Å². The summed E-state index contributed by atoms with van der Waals surface area (Å²) in [5.74, 6) is 1.09. The van der Waals surface area contributed by atoms with Crippen LogP contribution in [0.25, 0.3) is 11.0 Å². The Balaban J connectivity index is 1.95. The van der Waals surface area contributed by atoms with E-state index in [0.717, 1.165) is 27.7 Å². The number of hydrogen-bond donors (Lipinski definition) is 1. The maximum absolute atomic E-state index is 12.6. The molecule has 0 spiro atoms. The van der Waals surface area contributed by atoms with Crippen molar-refractivity contribution in [1.29, 1.82) is 0 Å². The van der Waals surface area contributed by atoms with E-state index in [-0.39, 0.29) is 11.3 Å². The van der Waals surface area contributed by atoms with Gasteiger partial charge in [-0.2, -0.15) is 0 Å². The normalized spacial score (nSPS) is 11.9. The van der Waals surface area contributed by atoms with Gasteiger partial charge >= 0.3 is 0 Å². The van der Waals surface area contributed by atoms with Gasteiger partial charge in [-0.25, -0.2) is 0 Å². The third-order valence-electron chi connectivity index (χ3n) is 4.18. The number of benzene rings is 1. The summed E-state index contributed by atoms with van der Waals surface area (Å²) in [4.78, 5) is 12.6. The third kappa shape index (κ3) is 2.70. The molecular formula is C19H22N2O3. The molecule has 0 fully saturated rings. The van der Waals surface area contributed by atoms with E-state index in [0.29, 0.717) is 17.3 Å². The van der Waals surface area contributed by atoms with Gasteiger partial charge in [0.05, 0.1) is 0 Å². The fourth-order valence-electron chi connectivity index (χ4n) is 2.75. The molecular weight excluding hydrogens is 304 g/mol. The molecule has 0 aliphatic heterocycles.